The number of hydrogen-bond donors (Lipinski definition) is 2. The Kier molecular flexibility index (Phi) is 5.49. The van der Waals surface area contributed by atoms with E-state index in [9.17, 15) is 4.79 Å². The van der Waals surface area contributed by atoms with Crippen LogP contribution >= 0.6 is 22.9 Å². The predicted octanol–water partition coefficient (Wildman–Crippen LogP) is 4.40. The van der Waals surface area contributed by atoms with E-state index in [0.29, 0.717) is 22.4 Å². The summed E-state index contributed by atoms with van der Waals surface area (Å²) in [7, 11) is 1.58. The van der Waals surface area contributed by atoms with Gasteiger partial charge in [-0.15, -0.1) is 11.3 Å². The molecule has 0 fully saturated rings. The fourth-order valence-corrected chi connectivity index (χ4v) is 2.69. The van der Waals surface area contributed by atoms with Gasteiger partial charge >= 0.3 is 0 Å². The smallest absolute Gasteiger partial charge is 0.229 e. The van der Waals surface area contributed by atoms with Gasteiger partial charge in [-0.1, -0.05) is 32.4 Å². The quantitative estimate of drug-likeness (QED) is 0.836. The van der Waals surface area contributed by atoms with E-state index in [1.54, 1.807) is 13.3 Å². The van der Waals surface area contributed by atoms with Crippen LogP contribution in [0.2, 0.25) is 4.47 Å². The molecule has 1 amide bonds. The fourth-order valence-electron chi connectivity index (χ4n) is 1.77. The monoisotopic (exact) mass is 353 g/mol. The van der Waals surface area contributed by atoms with Gasteiger partial charge in [0.25, 0.3) is 0 Å². The van der Waals surface area contributed by atoms with Gasteiger partial charge in [0.15, 0.2) is 4.47 Å². The van der Waals surface area contributed by atoms with Crippen LogP contribution in [0.3, 0.4) is 0 Å². The van der Waals surface area contributed by atoms with Crippen molar-refractivity contribution in [1.29, 1.82) is 0 Å². The number of ether oxygens (including phenoxy) is 1. The number of aromatic nitrogens is 1. The molecule has 0 unspecified atom stereocenters. The Hall–Kier alpha value is -1.79. The Labute approximate surface area is 145 Å². The number of nitrogens with one attached hydrogen (secondary N) is 2. The third kappa shape index (κ3) is 4.84. The van der Waals surface area contributed by atoms with Crippen LogP contribution in [0.5, 0.6) is 5.75 Å². The number of amides is 1. The van der Waals surface area contributed by atoms with Crippen LogP contribution in [0.25, 0.3) is 0 Å². The molecule has 0 radical (unpaired) electrons. The van der Waals surface area contributed by atoms with Gasteiger partial charge in [-0.3, -0.25) is 4.79 Å². The van der Waals surface area contributed by atoms with Crippen molar-refractivity contribution in [2.24, 2.45) is 5.41 Å². The second-order valence-corrected chi connectivity index (χ2v) is 7.75. The molecule has 0 saturated carbocycles. The number of benzene rings is 1. The van der Waals surface area contributed by atoms with E-state index < -0.39 is 5.41 Å². The van der Waals surface area contributed by atoms with Crippen LogP contribution in [0.15, 0.2) is 24.4 Å². The lowest BCUT2D eigenvalue weighted by atomic mass is 9.95. The molecule has 2 N–H and O–H groups in total. The van der Waals surface area contributed by atoms with Crippen molar-refractivity contribution in [1.82, 2.24) is 4.98 Å². The van der Waals surface area contributed by atoms with E-state index >= 15 is 0 Å². The van der Waals surface area contributed by atoms with Gasteiger partial charge in [0, 0.05) is 28.2 Å². The van der Waals surface area contributed by atoms with Crippen LogP contribution in [0.1, 0.15) is 25.6 Å². The van der Waals surface area contributed by atoms with Crippen LogP contribution in [0, 0.1) is 5.41 Å². The number of halogens is 1. The maximum absolute atomic E-state index is 12.1. The maximum Gasteiger partial charge on any atom is 0.229 e. The van der Waals surface area contributed by atoms with E-state index in [-0.39, 0.29) is 5.91 Å². The lowest BCUT2D eigenvalue weighted by Gasteiger charge is -2.19. The highest BCUT2D eigenvalue weighted by Crippen LogP contribution is 2.30. The number of nitrogens with zero attached hydrogens (tertiary/aromatic N) is 1. The molecule has 1 heterocycles. The second-order valence-electron chi connectivity index (χ2n) is 6.05. The van der Waals surface area contributed by atoms with E-state index in [1.165, 1.54) is 11.3 Å². The first-order valence-electron chi connectivity index (χ1n) is 7.13. The summed E-state index contributed by atoms with van der Waals surface area (Å²) in [5.41, 5.74) is 1.08. The molecule has 124 valence electrons. The predicted molar refractivity (Wildman–Crippen MR) is 95.5 cm³/mol. The Bertz CT molecular complexity index is 695. The number of anilines is 2. The molecule has 2 rings (SSSR count). The number of carbonyl (C=O) groups excluding carboxylic acids is 1. The minimum atomic E-state index is -0.465. The molecule has 0 aliphatic rings. The Morgan fingerprint density at radius 1 is 1.39 bits per heavy atom. The Morgan fingerprint density at radius 2 is 2.13 bits per heavy atom. The van der Waals surface area contributed by atoms with Crippen molar-refractivity contribution in [3.63, 3.8) is 0 Å². The highest BCUT2D eigenvalue weighted by Gasteiger charge is 2.22. The van der Waals surface area contributed by atoms with E-state index in [4.69, 9.17) is 16.3 Å². The van der Waals surface area contributed by atoms with Crippen molar-refractivity contribution in [2.45, 2.75) is 27.3 Å². The first kappa shape index (κ1) is 17.6. The van der Waals surface area contributed by atoms with Crippen molar-refractivity contribution in [3.05, 3.63) is 33.7 Å². The summed E-state index contributed by atoms with van der Waals surface area (Å²) in [5.74, 6) is 0.547. The zero-order chi connectivity index (χ0) is 17.0. The summed E-state index contributed by atoms with van der Waals surface area (Å²) >= 11 is 7.25. The largest absolute Gasteiger partial charge is 0.494 e. The average Bonchev–Trinajstić information content (AvgIpc) is 2.90. The van der Waals surface area contributed by atoms with Gasteiger partial charge in [-0.25, -0.2) is 4.98 Å². The lowest BCUT2D eigenvalue weighted by Crippen LogP contribution is -2.27. The summed E-state index contributed by atoms with van der Waals surface area (Å²) in [6.07, 6.45) is 1.75. The Morgan fingerprint density at radius 3 is 2.70 bits per heavy atom. The molecule has 0 spiro atoms. The highest BCUT2D eigenvalue weighted by molar-refractivity contribution is 7.15. The van der Waals surface area contributed by atoms with Gasteiger partial charge in [0.05, 0.1) is 19.3 Å². The molecule has 0 atom stereocenters. The number of hydrogen-bond acceptors (Lipinski definition) is 5. The minimum absolute atomic E-state index is 0.0594. The lowest BCUT2D eigenvalue weighted by molar-refractivity contribution is -0.123. The van der Waals surface area contributed by atoms with E-state index in [1.807, 2.05) is 39.0 Å². The van der Waals surface area contributed by atoms with Gasteiger partial charge in [-0.05, 0) is 12.1 Å². The molecule has 7 heteroatoms. The topological polar surface area (TPSA) is 63.2 Å². The van der Waals surface area contributed by atoms with Crippen molar-refractivity contribution in [3.8, 4) is 5.75 Å². The number of rotatable bonds is 5. The molecule has 5 nitrogen and oxygen atoms in total. The number of methoxy groups -OCH3 is 1. The average molecular weight is 354 g/mol. The molecule has 23 heavy (non-hydrogen) atoms. The van der Waals surface area contributed by atoms with Crippen molar-refractivity contribution in [2.75, 3.05) is 17.7 Å². The molecular formula is C16H20ClN3O2S. The molecule has 0 bridgehead atoms. The van der Waals surface area contributed by atoms with Crippen LogP contribution < -0.4 is 15.4 Å². The molecule has 1 aromatic carbocycles. The summed E-state index contributed by atoms with van der Waals surface area (Å²) in [6, 6.07) is 5.56. The number of carbonyl (C=O) groups is 1. The van der Waals surface area contributed by atoms with Crippen molar-refractivity contribution < 1.29 is 9.53 Å². The van der Waals surface area contributed by atoms with Gasteiger partial charge in [0.1, 0.15) is 5.75 Å². The molecule has 0 aliphatic carbocycles. The van der Waals surface area contributed by atoms with Crippen molar-refractivity contribution >= 4 is 40.2 Å². The maximum atomic E-state index is 12.1. The van der Waals surface area contributed by atoms with Gasteiger partial charge in [0.2, 0.25) is 5.91 Å². The zero-order valence-electron chi connectivity index (χ0n) is 13.6. The van der Waals surface area contributed by atoms with Crippen LogP contribution in [-0.2, 0) is 11.3 Å². The molecule has 0 saturated heterocycles. The normalized spacial score (nSPS) is 11.2. The van der Waals surface area contributed by atoms with Crippen LogP contribution in [-0.4, -0.2) is 18.0 Å². The Balaban J connectivity index is 2.08. The summed E-state index contributed by atoms with van der Waals surface area (Å²) < 4.78 is 5.90. The molecule has 2 aromatic rings. The SMILES string of the molecule is COc1cc(NCc2cnc(Cl)s2)ccc1NC(=O)C(C)(C)C. The minimum Gasteiger partial charge on any atom is -0.494 e. The standard InChI is InChI=1S/C16H20ClN3O2S/c1-16(2,3)14(21)20-12-6-5-10(7-13(12)22-4)18-8-11-9-19-15(17)23-11/h5-7,9,18H,8H2,1-4H3,(H,20,21). The number of thiazole rings is 1. The first-order valence-corrected chi connectivity index (χ1v) is 8.32. The van der Waals surface area contributed by atoms with Crippen LogP contribution in [0.4, 0.5) is 11.4 Å². The van der Waals surface area contributed by atoms with Gasteiger partial charge in [-0.2, -0.15) is 0 Å². The molecule has 1 aromatic heterocycles. The third-order valence-corrected chi connectivity index (χ3v) is 4.24. The summed E-state index contributed by atoms with van der Waals surface area (Å²) in [6.45, 7) is 6.22. The highest BCUT2D eigenvalue weighted by atomic mass is 35.5. The molecule has 0 aliphatic heterocycles. The van der Waals surface area contributed by atoms with Gasteiger partial charge < -0.3 is 15.4 Å². The second kappa shape index (κ2) is 7.19. The van der Waals surface area contributed by atoms with E-state index in [0.717, 1.165) is 10.6 Å². The zero-order valence-corrected chi connectivity index (χ0v) is 15.1. The summed E-state index contributed by atoms with van der Waals surface area (Å²) in [4.78, 5) is 17.1. The summed E-state index contributed by atoms with van der Waals surface area (Å²) in [5, 5.41) is 6.17. The molecular weight excluding hydrogens is 334 g/mol. The van der Waals surface area contributed by atoms with E-state index in [2.05, 4.69) is 15.6 Å². The first-order chi connectivity index (χ1) is 10.8. The third-order valence-electron chi connectivity index (χ3n) is 3.12. The fraction of sp³-hybridized carbons (Fsp3) is 0.375.